The van der Waals surface area contributed by atoms with Crippen LogP contribution in [0.2, 0.25) is 0 Å². The van der Waals surface area contributed by atoms with Gasteiger partial charge in [-0.25, -0.2) is 0 Å². The minimum Gasteiger partial charge on any atom is -0.366 e. The molecular formula is C9H10N2O2. The highest BCUT2D eigenvalue weighted by Gasteiger charge is 2.10. The Kier molecular flexibility index (Phi) is 2.32. The van der Waals surface area contributed by atoms with Crippen LogP contribution in [0.1, 0.15) is 26.3 Å². The van der Waals surface area contributed by atoms with E-state index >= 15 is 0 Å². The summed E-state index contributed by atoms with van der Waals surface area (Å²) in [6.45, 7) is 1.64. The van der Waals surface area contributed by atoms with Crippen molar-refractivity contribution in [2.24, 2.45) is 11.5 Å². The summed E-state index contributed by atoms with van der Waals surface area (Å²) in [4.78, 5) is 21.7. The van der Waals surface area contributed by atoms with E-state index in [9.17, 15) is 9.59 Å². The molecule has 0 radical (unpaired) electrons. The summed E-state index contributed by atoms with van der Waals surface area (Å²) in [7, 11) is 0. The van der Waals surface area contributed by atoms with Crippen LogP contribution in [0, 0.1) is 6.92 Å². The molecule has 1 aromatic rings. The topological polar surface area (TPSA) is 86.2 Å². The molecule has 1 aromatic carbocycles. The first kappa shape index (κ1) is 9.25. The summed E-state index contributed by atoms with van der Waals surface area (Å²) >= 11 is 0. The predicted octanol–water partition coefficient (Wildman–Crippen LogP) is 0.193. The molecular weight excluding hydrogens is 168 g/mol. The number of benzene rings is 1. The van der Waals surface area contributed by atoms with Gasteiger partial charge in [-0.05, 0) is 24.6 Å². The Morgan fingerprint density at radius 2 is 1.46 bits per heavy atom. The molecule has 0 unspecified atom stereocenters. The first-order valence-electron chi connectivity index (χ1n) is 3.73. The number of amides is 2. The van der Waals surface area contributed by atoms with Crippen LogP contribution in [0.5, 0.6) is 0 Å². The van der Waals surface area contributed by atoms with Crippen molar-refractivity contribution in [1.29, 1.82) is 0 Å². The molecule has 0 fully saturated rings. The van der Waals surface area contributed by atoms with E-state index in [2.05, 4.69) is 0 Å². The maximum atomic E-state index is 10.9. The lowest BCUT2D eigenvalue weighted by atomic mass is 10.0. The second-order valence-corrected chi connectivity index (χ2v) is 2.71. The van der Waals surface area contributed by atoms with Crippen LogP contribution in [0.3, 0.4) is 0 Å². The third-order valence-electron chi connectivity index (χ3n) is 1.86. The fraction of sp³-hybridized carbons (Fsp3) is 0.111. The fourth-order valence-electron chi connectivity index (χ4n) is 1.17. The molecule has 4 heteroatoms. The van der Waals surface area contributed by atoms with E-state index in [-0.39, 0.29) is 0 Å². The lowest BCUT2D eigenvalue weighted by Crippen LogP contribution is -2.18. The van der Waals surface area contributed by atoms with E-state index in [0.717, 1.165) is 0 Å². The minimum atomic E-state index is -0.555. The Morgan fingerprint density at radius 3 is 1.77 bits per heavy atom. The summed E-state index contributed by atoms with van der Waals surface area (Å²) in [5.74, 6) is -1.11. The van der Waals surface area contributed by atoms with Gasteiger partial charge < -0.3 is 11.5 Å². The molecule has 0 aliphatic rings. The van der Waals surface area contributed by atoms with Gasteiger partial charge in [-0.2, -0.15) is 0 Å². The molecule has 0 saturated heterocycles. The molecule has 0 aliphatic heterocycles. The van der Waals surface area contributed by atoms with E-state index in [1.807, 2.05) is 0 Å². The second kappa shape index (κ2) is 3.26. The molecule has 0 spiro atoms. The Balaban J connectivity index is 3.35. The zero-order valence-electron chi connectivity index (χ0n) is 7.20. The summed E-state index contributed by atoms with van der Waals surface area (Å²) in [6.07, 6.45) is 0. The van der Waals surface area contributed by atoms with Crippen LogP contribution >= 0.6 is 0 Å². The van der Waals surface area contributed by atoms with Crippen LogP contribution in [0.25, 0.3) is 0 Å². The van der Waals surface area contributed by atoms with Crippen LogP contribution in [0.15, 0.2) is 18.2 Å². The molecule has 0 aliphatic carbocycles. The van der Waals surface area contributed by atoms with Crippen molar-refractivity contribution in [3.05, 3.63) is 34.9 Å². The Hall–Kier alpha value is -1.84. The van der Waals surface area contributed by atoms with Gasteiger partial charge in [0.15, 0.2) is 0 Å². The highest BCUT2D eigenvalue weighted by molar-refractivity contribution is 6.00. The van der Waals surface area contributed by atoms with Crippen molar-refractivity contribution in [3.63, 3.8) is 0 Å². The number of hydrogen-bond acceptors (Lipinski definition) is 2. The molecule has 0 aromatic heterocycles. The molecule has 0 saturated carbocycles. The normalized spacial score (nSPS) is 9.62. The van der Waals surface area contributed by atoms with Crippen LogP contribution in [-0.2, 0) is 0 Å². The maximum absolute atomic E-state index is 10.9. The van der Waals surface area contributed by atoms with Crippen molar-refractivity contribution >= 4 is 11.8 Å². The smallest absolute Gasteiger partial charge is 0.248 e. The molecule has 2 amide bonds. The number of hydrogen-bond donors (Lipinski definition) is 2. The van der Waals surface area contributed by atoms with Crippen LogP contribution in [-0.4, -0.2) is 11.8 Å². The quantitative estimate of drug-likeness (QED) is 0.677. The molecule has 68 valence electrons. The van der Waals surface area contributed by atoms with E-state index in [1.54, 1.807) is 25.1 Å². The van der Waals surface area contributed by atoms with E-state index in [0.29, 0.717) is 16.7 Å². The summed E-state index contributed by atoms with van der Waals surface area (Å²) in [6, 6.07) is 4.70. The van der Waals surface area contributed by atoms with Gasteiger partial charge >= 0.3 is 0 Å². The summed E-state index contributed by atoms with van der Waals surface area (Å²) in [5, 5.41) is 0. The van der Waals surface area contributed by atoms with Gasteiger partial charge in [-0.1, -0.05) is 6.07 Å². The fourth-order valence-corrected chi connectivity index (χ4v) is 1.17. The number of carbonyl (C=O) groups excluding carboxylic acids is 2. The van der Waals surface area contributed by atoms with Crippen LogP contribution < -0.4 is 11.5 Å². The van der Waals surface area contributed by atoms with Gasteiger partial charge in [0, 0.05) is 11.1 Å². The van der Waals surface area contributed by atoms with Crippen LogP contribution in [0.4, 0.5) is 0 Å². The van der Waals surface area contributed by atoms with Gasteiger partial charge in [0.1, 0.15) is 0 Å². The Bertz CT molecular complexity index is 340. The SMILES string of the molecule is Cc1c(C(N)=O)cccc1C(N)=O. The third kappa shape index (κ3) is 1.66. The Morgan fingerprint density at radius 1 is 1.08 bits per heavy atom. The number of nitrogens with two attached hydrogens (primary N) is 2. The standard InChI is InChI=1S/C9H10N2O2/c1-5-6(8(10)12)3-2-4-7(5)9(11)13/h2-4H,1H3,(H2,10,12)(H2,11,13). The number of rotatable bonds is 2. The average molecular weight is 178 g/mol. The highest BCUT2D eigenvalue weighted by Crippen LogP contribution is 2.12. The largest absolute Gasteiger partial charge is 0.366 e. The van der Waals surface area contributed by atoms with Crippen molar-refractivity contribution in [2.75, 3.05) is 0 Å². The molecule has 4 N–H and O–H groups in total. The average Bonchev–Trinajstić information content (AvgIpc) is 2.03. The number of primary amides is 2. The molecule has 13 heavy (non-hydrogen) atoms. The third-order valence-corrected chi connectivity index (χ3v) is 1.86. The first-order chi connectivity index (χ1) is 6.04. The molecule has 0 atom stereocenters. The lowest BCUT2D eigenvalue weighted by Gasteiger charge is -2.04. The summed E-state index contributed by atoms with van der Waals surface area (Å²) < 4.78 is 0. The van der Waals surface area contributed by atoms with E-state index in [4.69, 9.17) is 11.5 Å². The van der Waals surface area contributed by atoms with Gasteiger partial charge in [-0.15, -0.1) is 0 Å². The van der Waals surface area contributed by atoms with Crippen molar-refractivity contribution < 1.29 is 9.59 Å². The molecule has 4 nitrogen and oxygen atoms in total. The highest BCUT2D eigenvalue weighted by atomic mass is 16.1. The molecule has 0 heterocycles. The number of carbonyl (C=O) groups is 2. The lowest BCUT2D eigenvalue weighted by molar-refractivity contribution is 0.0999. The second-order valence-electron chi connectivity index (χ2n) is 2.71. The molecule has 1 rings (SSSR count). The van der Waals surface area contributed by atoms with Gasteiger partial charge in [0.05, 0.1) is 0 Å². The Labute approximate surface area is 75.5 Å². The van der Waals surface area contributed by atoms with E-state index in [1.165, 1.54) is 0 Å². The minimum absolute atomic E-state index is 0.330. The van der Waals surface area contributed by atoms with Crippen molar-refractivity contribution in [2.45, 2.75) is 6.92 Å². The van der Waals surface area contributed by atoms with Gasteiger partial charge in [0.2, 0.25) is 11.8 Å². The monoisotopic (exact) mass is 178 g/mol. The zero-order valence-corrected chi connectivity index (χ0v) is 7.20. The van der Waals surface area contributed by atoms with E-state index < -0.39 is 11.8 Å². The summed E-state index contributed by atoms with van der Waals surface area (Å²) in [5.41, 5.74) is 11.4. The zero-order chi connectivity index (χ0) is 10.0. The first-order valence-corrected chi connectivity index (χ1v) is 3.73. The van der Waals surface area contributed by atoms with Crippen molar-refractivity contribution in [1.82, 2.24) is 0 Å². The van der Waals surface area contributed by atoms with Gasteiger partial charge in [0.25, 0.3) is 0 Å². The predicted molar refractivity (Wildman–Crippen MR) is 48.2 cm³/mol. The van der Waals surface area contributed by atoms with Gasteiger partial charge in [-0.3, -0.25) is 9.59 Å². The maximum Gasteiger partial charge on any atom is 0.248 e. The molecule has 0 bridgehead atoms. The van der Waals surface area contributed by atoms with Crippen molar-refractivity contribution in [3.8, 4) is 0 Å².